The molecule has 1 unspecified atom stereocenters. The van der Waals surface area contributed by atoms with E-state index in [4.69, 9.17) is 5.73 Å². The highest BCUT2D eigenvalue weighted by Crippen LogP contribution is 2.09. The molecule has 1 amide bonds. The summed E-state index contributed by atoms with van der Waals surface area (Å²) in [6, 6.07) is 0. The second-order valence-electron chi connectivity index (χ2n) is 6.38. The van der Waals surface area contributed by atoms with Crippen molar-refractivity contribution in [3.05, 3.63) is 16.7 Å². The summed E-state index contributed by atoms with van der Waals surface area (Å²) in [7, 11) is 0. The number of β-amino-alcohol motifs (C(OH)–C–C–N with tert-alkyl or cyclic N) is 1. The van der Waals surface area contributed by atoms with Crippen LogP contribution in [0.1, 0.15) is 13.3 Å². The molecule has 0 radical (unpaired) electrons. The molecular formula is C15H23N7O3. The van der Waals surface area contributed by atoms with Crippen LogP contribution in [0.4, 0.5) is 5.95 Å². The molecule has 0 bridgehead atoms. The number of aliphatic hydroxyl groups is 1. The maximum absolute atomic E-state index is 12.6. The number of nitrogens with zero attached hydrogens (tertiary/aromatic N) is 5. The summed E-state index contributed by atoms with van der Waals surface area (Å²) in [5.74, 6) is -0.0610. The molecule has 1 fully saturated rings. The van der Waals surface area contributed by atoms with Gasteiger partial charge in [0, 0.05) is 26.2 Å². The van der Waals surface area contributed by atoms with Crippen LogP contribution < -0.4 is 11.3 Å². The third-order valence-corrected chi connectivity index (χ3v) is 4.26. The number of nitrogens with one attached hydrogen (secondary N) is 1. The highest BCUT2D eigenvalue weighted by molar-refractivity contribution is 5.79. The number of imidazole rings is 1. The smallest absolute Gasteiger partial charge is 0.280 e. The van der Waals surface area contributed by atoms with E-state index in [-0.39, 0.29) is 30.0 Å². The first-order valence-electron chi connectivity index (χ1n) is 8.33. The topological polar surface area (TPSA) is 133 Å². The van der Waals surface area contributed by atoms with Crippen molar-refractivity contribution in [1.29, 1.82) is 0 Å². The molecule has 0 saturated carbocycles. The predicted molar refractivity (Wildman–Crippen MR) is 91.9 cm³/mol. The summed E-state index contributed by atoms with van der Waals surface area (Å²) in [6.07, 6.45) is 1.91. The van der Waals surface area contributed by atoms with E-state index in [1.807, 2.05) is 0 Å². The van der Waals surface area contributed by atoms with Crippen LogP contribution >= 0.6 is 0 Å². The van der Waals surface area contributed by atoms with Gasteiger partial charge in [0.05, 0.1) is 12.4 Å². The van der Waals surface area contributed by atoms with Crippen molar-refractivity contribution in [2.24, 2.45) is 0 Å². The van der Waals surface area contributed by atoms with Crippen LogP contribution in [0.5, 0.6) is 0 Å². The number of nitrogen functional groups attached to an aromatic ring is 1. The highest BCUT2D eigenvalue weighted by Gasteiger charge is 2.21. The van der Waals surface area contributed by atoms with Crippen molar-refractivity contribution in [1.82, 2.24) is 29.3 Å². The average molecular weight is 349 g/mol. The Morgan fingerprint density at radius 2 is 2.20 bits per heavy atom. The number of hydrogen-bond donors (Lipinski definition) is 3. The molecule has 1 atom stereocenters. The maximum atomic E-state index is 12.6. The number of hydrogen-bond acceptors (Lipinski definition) is 7. The number of carbonyl (C=O) groups excluding carboxylic acids is 1. The lowest BCUT2D eigenvalue weighted by Crippen LogP contribution is -2.38. The summed E-state index contributed by atoms with van der Waals surface area (Å²) in [6.45, 7) is 5.29. The van der Waals surface area contributed by atoms with Crippen LogP contribution in [0.3, 0.4) is 0 Å². The molecule has 25 heavy (non-hydrogen) atoms. The molecule has 0 spiro atoms. The van der Waals surface area contributed by atoms with Crippen molar-refractivity contribution in [3.8, 4) is 0 Å². The number of anilines is 1. The van der Waals surface area contributed by atoms with Gasteiger partial charge in [-0.2, -0.15) is 4.98 Å². The molecule has 3 rings (SSSR count). The van der Waals surface area contributed by atoms with Crippen LogP contribution in [0, 0.1) is 0 Å². The van der Waals surface area contributed by atoms with E-state index in [1.165, 1.54) is 6.33 Å². The summed E-state index contributed by atoms with van der Waals surface area (Å²) < 4.78 is 1.54. The Balaban J connectivity index is 1.69. The van der Waals surface area contributed by atoms with Gasteiger partial charge in [0.25, 0.3) is 5.56 Å². The largest absolute Gasteiger partial charge is 0.392 e. The molecule has 0 aliphatic carbocycles. The number of aliphatic hydroxyl groups excluding tert-OH is 1. The highest BCUT2D eigenvalue weighted by atomic mass is 16.3. The first kappa shape index (κ1) is 17.4. The lowest BCUT2D eigenvalue weighted by atomic mass is 10.3. The summed E-state index contributed by atoms with van der Waals surface area (Å²) in [5, 5.41) is 9.51. The predicted octanol–water partition coefficient (Wildman–Crippen LogP) is -1.38. The first-order valence-corrected chi connectivity index (χ1v) is 8.33. The minimum Gasteiger partial charge on any atom is -0.392 e. The lowest BCUT2D eigenvalue weighted by Gasteiger charge is -2.23. The quantitative estimate of drug-likeness (QED) is 0.619. The molecule has 1 aliphatic heterocycles. The number of carbonyl (C=O) groups is 1. The fourth-order valence-electron chi connectivity index (χ4n) is 3.11. The Labute approximate surface area is 144 Å². The lowest BCUT2D eigenvalue weighted by molar-refractivity contribution is -0.131. The molecule has 4 N–H and O–H groups in total. The number of nitrogens with two attached hydrogens (primary N) is 1. The molecule has 10 nitrogen and oxygen atoms in total. The van der Waals surface area contributed by atoms with E-state index in [1.54, 1.807) is 16.4 Å². The second kappa shape index (κ2) is 7.19. The zero-order valence-electron chi connectivity index (χ0n) is 14.2. The standard InChI is InChI=1S/C15H23N7O3/c1-10(23)7-20-3-2-4-21(6-5-20)11(24)8-22-9-17-12-13(22)18-15(16)19-14(12)25/h9-10,23H,2-8H2,1H3,(H3,16,18,19,25). The molecule has 2 aromatic rings. The van der Waals surface area contributed by atoms with Gasteiger partial charge < -0.3 is 20.3 Å². The van der Waals surface area contributed by atoms with Gasteiger partial charge in [-0.05, 0) is 19.9 Å². The third kappa shape index (κ3) is 3.97. The van der Waals surface area contributed by atoms with Gasteiger partial charge in [0.15, 0.2) is 11.2 Å². The van der Waals surface area contributed by atoms with Gasteiger partial charge in [0.2, 0.25) is 11.9 Å². The van der Waals surface area contributed by atoms with E-state index in [2.05, 4.69) is 19.9 Å². The van der Waals surface area contributed by atoms with Gasteiger partial charge in [-0.3, -0.25) is 19.5 Å². The Hall–Kier alpha value is -2.46. The van der Waals surface area contributed by atoms with Crippen LogP contribution in [0.2, 0.25) is 0 Å². The number of amides is 1. The Bertz CT molecular complexity index is 813. The molecule has 0 aromatic carbocycles. The maximum Gasteiger partial charge on any atom is 0.280 e. The van der Waals surface area contributed by atoms with Gasteiger partial charge in [-0.25, -0.2) is 4.98 Å². The third-order valence-electron chi connectivity index (χ3n) is 4.26. The molecule has 1 aliphatic rings. The van der Waals surface area contributed by atoms with Gasteiger partial charge in [-0.1, -0.05) is 0 Å². The molecule has 10 heteroatoms. The normalized spacial score (nSPS) is 17.6. The Morgan fingerprint density at radius 3 is 2.96 bits per heavy atom. The number of aromatic amines is 1. The molecule has 2 aromatic heterocycles. The van der Waals surface area contributed by atoms with Gasteiger partial charge in [-0.15, -0.1) is 0 Å². The molecule has 1 saturated heterocycles. The van der Waals surface area contributed by atoms with E-state index >= 15 is 0 Å². The minimum atomic E-state index is -0.419. The molecular weight excluding hydrogens is 326 g/mol. The zero-order chi connectivity index (χ0) is 18.0. The van der Waals surface area contributed by atoms with Gasteiger partial charge >= 0.3 is 0 Å². The fourth-order valence-corrected chi connectivity index (χ4v) is 3.11. The fraction of sp³-hybridized carbons (Fsp3) is 0.600. The number of aromatic nitrogens is 4. The van der Waals surface area contributed by atoms with Crippen LogP contribution in [-0.2, 0) is 11.3 Å². The number of H-pyrrole nitrogens is 1. The SMILES string of the molecule is CC(O)CN1CCCN(C(=O)Cn2cnc3c(=O)[nH]c(N)nc32)CC1. The van der Waals surface area contributed by atoms with Crippen LogP contribution in [0.15, 0.2) is 11.1 Å². The van der Waals surface area contributed by atoms with Crippen molar-refractivity contribution < 1.29 is 9.90 Å². The van der Waals surface area contributed by atoms with Crippen molar-refractivity contribution in [2.75, 3.05) is 38.5 Å². The number of rotatable bonds is 4. The molecule has 136 valence electrons. The zero-order valence-corrected chi connectivity index (χ0v) is 14.2. The van der Waals surface area contributed by atoms with E-state index in [9.17, 15) is 14.7 Å². The van der Waals surface area contributed by atoms with Crippen LogP contribution in [0.25, 0.3) is 11.2 Å². The second-order valence-corrected chi connectivity index (χ2v) is 6.38. The van der Waals surface area contributed by atoms with Crippen molar-refractivity contribution in [3.63, 3.8) is 0 Å². The molecule has 3 heterocycles. The Kier molecular flexibility index (Phi) is 5.00. The minimum absolute atomic E-state index is 0.00441. The summed E-state index contributed by atoms with van der Waals surface area (Å²) in [4.78, 5) is 38.9. The monoisotopic (exact) mass is 349 g/mol. The van der Waals surface area contributed by atoms with Gasteiger partial charge in [0.1, 0.15) is 6.54 Å². The van der Waals surface area contributed by atoms with Crippen molar-refractivity contribution in [2.45, 2.75) is 26.0 Å². The summed E-state index contributed by atoms with van der Waals surface area (Å²) in [5.41, 5.74) is 5.63. The Morgan fingerprint density at radius 1 is 1.40 bits per heavy atom. The van der Waals surface area contributed by atoms with Crippen LogP contribution in [-0.4, -0.2) is 79.2 Å². The first-order chi connectivity index (χ1) is 11.9. The van der Waals surface area contributed by atoms with E-state index in [0.29, 0.717) is 25.3 Å². The van der Waals surface area contributed by atoms with E-state index in [0.717, 1.165) is 19.5 Å². The summed E-state index contributed by atoms with van der Waals surface area (Å²) >= 11 is 0. The van der Waals surface area contributed by atoms with Crippen molar-refractivity contribution >= 4 is 23.0 Å². The number of fused-ring (bicyclic) bond motifs is 1. The van der Waals surface area contributed by atoms with E-state index < -0.39 is 5.56 Å². The average Bonchev–Trinajstić information content (AvgIpc) is 2.78.